The van der Waals surface area contributed by atoms with E-state index in [9.17, 15) is 4.79 Å². The minimum Gasteiger partial charge on any atom is -0.482 e. The molecule has 0 spiro atoms. The van der Waals surface area contributed by atoms with E-state index in [-0.39, 0.29) is 12.2 Å². The van der Waals surface area contributed by atoms with Crippen LogP contribution in [0.3, 0.4) is 0 Å². The molecule has 0 unspecified atom stereocenters. The summed E-state index contributed by atoms with van der Waals surface area (Å²) in [7, 11) is 0. The summed E-state index contributed by atoms with van der Waals surface area (Å²) in [6.45, 7) is -0.223. The fourth-order valence-corrected chi connectivity index (χ4v) is 2.57. The first kappa shape index (κ1) is 19.4. The molecule has 0 atom stereocenters. The van der Waals surface area contributed by atoms with Gasteiger partial charge in [-0.25, -0.2) is 4.79 Å². The van der Waals surface area contributed by atoms with Gasteiger partial charge < -0.3 is 9.47 Å². The molecule has 3 aromatic rings. The smallest absolute Gasteiger partial charge is 0.349 e. The summed E-state index contributed by atoms with van der Waals surface area (Å²) in [5.74, 6) is 0.392. The number of benzene rings is 3. The lowest BCUT2D eigenvalue weighted by Crippen LogP contribution is -2.17. The van der Waals surface area contributed by atoms with Crippen LogP contribution in [0.25, 0.3) is 17.2 Å². The van der Waals surface area contributed by atoms with E-state index in [2.05, 4.69) is 0 Å². The molecular weight excluding hydrogens is 364 g/mol. The van der Waals surface area contributed by atoms with Gasteiger partial charge in [-0.1, -0.05) is 54.6 Å². The first-order valence-electron chi connectivity index (χ1n) is 8.79. The molecule has 5 heteroatoms. The molecule has 3 aromatic carbocycles. The summed E-state index contributed by atoms with van der Waals surface area (Å²) in [4.78, 5) is 12.0. The molecule has 0 saturated carbocycles. The van der Waals surface area contributed by atoms with Gasteiger partial charge in [0.25, 0.3) is 0 Å². The van der Waals surface area contributed by atoms with E-state index in [4.69, 9.17) is 20.0 Å². The number of nitriles is 2. The number of esters is 1. The zero-order chi connectivity index (χ0) is 20.5. The minimum atomic E-state index is -0.532. The molecule has 3 rings (SSSR count). The third-order valence-corrected chi connectivity index (χ3v) is 3.98. The monoisotopic (exact) mass is 380 g/mol. The average Bonchev–Trinajstić information content (AvgIpc) is 2.78. The molecule has 0 bridgehead atoms. The number of nitrogens with zero attached hydrogens (tertiary/aromatic N) is 2. The van der Waals surface area contributed by atoms with Gasteiger partial charge in [-0.2, -0.15) is 10.5 Å². The van der Waals surface area contributed by atoms with Gasteiger partial charge in [-0.15, -0.1) is 0 Å². The molecule has 0 saturated heterocycles. The topological polar surface area (TPSA) is 83.1 Å². The molecule has 0 aliphatic rings. The molecule has 0 N–H and O–H groups in total. The standard InChI is InChI=1S/C24H16N2O3/c25-15-19(16-26)14-18-6-10-23(11-7-18)29-24(27)17-28-22-12-8-21(9-13-22)20-4-2-1-3-5-20/h1-14H,17H2. The second-order valence-corrected chi connectivity index (χ2v) is 6.00. The molecule has 0 fully saturated rings. The Kier molecular flexibility index (Phi) is 6.39. The lowest BCUT2D eigenvalue weighted by Gasteiger charge is -2.08. The van der Waals surface area contributed by atoms with Crippen molar-refractivity contribution in [2.75, 3.05) is 6.61 Å². The Balaban J connectivity index is 1.53. The van der Waals surface area contributed by atoms with Gasteiger partial charge in [-0.05, 0) is 47.0 Å². The summed E-state index contributed by atoms with van der Waals surface area (Å²) < 4.78 is 10.7. The van der Waals surface area contributed by atoms with Crippen molar-refractivity contribution in [1.82, 2.24) is 0 Å². The average molecular weight is 380 g/mol. The van der Waals surface area contributed by atoms with E-state index in [1.807, 2.05) is 42.5 Å². The second-order valence-electron chi connectivity index (χ2n) is 6.00. The highest BCUT2D eigenvalue weighted by Gasteiger charge is 2.07. The third-order valence-electron chi connectivity index (χ3n) is 3.98. The predicted molar refractivity (Wildman–Crippen MR) is 109 cm³/mol. The van der Waals surface area contributed by atoms with Crippen LogP contribution in [0.4, 0.5) is 0 Å². The van der Waals surface area contributed by atoms with Crippen molar-refractivity contribution < 1.29 is 14.3 Å². The number of carbonyl (C=O) groups excluding carboxylic acids is 1. The molecule has 0 amide bonds. The molecular formula is C24H16N2O3. The van der Waals surface area contributed by atoms with Gasteiger partial charge in [0.1, 0.15) is 29.2 Å². The lowest BCUT2D eigenvalue weighted by molar-refractivity contribution is -0.136. The Hall–Kier alpha value is -4.35. The SMILES string of the molecule is N#CC(C#N)=Cc1ccc(OC(=O)COc2ccc(-c3ccccc3)cc2)cc1. The summed E-state index contributed by atoms with van der Waals surface area (Å²) in [6.07, 6.45) is 1.45. The van der Waals surface area contributed by atoms with Crippen molar-refractivity contribution in [3.63, 3.8) is 0 Å². The van der Waals surface area contributed by atoms with Crippen LogP contribution >= 0.6 is 0 Å². The van der Waals surface area contributed by atoms with Crippen LogP contribution in [-0.4, -0.2) is 12.6 Å². The van der Waals surface area contributed by atoms with Crippen LogP contribution in [0.2, 0.25) is 0 Å². The summed E-state index contributed by atoms with van der Waals surface area (Å²) in [6, 6.07) is 27.5. The normalized spacial score (nSPS) is 9.59. The largest absolute Gasteiger partial charge is 0.482 e. The highest BCUT2D eigenvalue weighted by atomic mass is 16.6. The van der Waals surface area contributed by atoms with E-state index < -0.39 is 5.97 Å². The summed E-state index contributed by atoms with van der Waals surface area (Å²) >= 11 is 0. The first-order valence-corrected chi connectivity index (χ1v) is 8.79. The molecule has 0 aliphatic carbocycles. The van der Waals surface area contributed by atoms with Gasteiger partial charge in [0, 0.05) is 0 Å². The van der Waals surface area contributed by atoms with Crippen molar-refractivity contribution in [3.05, 3.63) is 90.0 Å². The number of hydrogen-bond donors (Lipinski definition) is 0. The third kappa shape index (κ3) is 5.56. The van der Waals surface area contributed by atoms with Crippen LogP contribution in [0.5, 0.6) is 11.5 Å². The molecule has 0 aliphatic heterocycles. The van der Waals surface area contributed by atoms with Gasteiger partial charge in [0.05, 0.1) is 0 Å². The van der Waals surface area contributed by atoms with Crippen LogP contribution in [0, 0.1) is 22.7 Å². The fourth-order valence-electron chi connectivity index (χ4n) is 2.57. The Morgan fingerprint density at radius 1 is 0.793 bits per heavy atom. The zero-order valence-corrected chi connectivity index (χ0v) is 15.4. The van der Waals surface area contributed by atoms with Crippen LogP contribution < -0.4 is 9.47 Å². The van der Waals surface area contributed by atoms with Crippen molar-refractivity contribution in [2.24, 2.45) is 0 Å². The van der Waals surface area contributed by atoms with Gasteiger partial charge in [0.2, 0.25) is 0 Å². The molecule has 29 heavy (non-hydrogen) atoms. The number of hydrogen-bond acceptors (Lipinski definition) is 5. The van der Waals surface area contributed by atoms with Crippen molar-refractivity contribution >= 4 is 12.0 Å². The number of carbonyl (C=O) groups is 1. The van der Waals surface area contributed by atoms with E-state index in [1.165, 1.54) is 6.08 Å². The Bertz CT molecular complexity index is 1070. The Morgan fingerprint density at radius 3 is 2.00 bits per heavy atom. The van der Waals surface area contributed by atoms with E-state index in [0.717, 1.165) is 11.1 Å². The zero-order valence-electron chi connectivity index (χ0n) is 15.4. The fraction of sp³-hybridized carbons (Fsp3) is 0.0417. The van der Waals surface area contributed by atoms with Crippen molar-refractivity contribution in [3.8, 4) is 34.8 Å². The second kappa shape index (κ2) is 9.55. The molecule has 0 aromatic heterocycles. The first-order chi connectivity index (χ1) is 14.2. The number of ether oxygens (including phenoxy) is 2. The highest BCUT2D eigenvalue weighted by molar-refractivity contribution is 5.74. The lowest BCUT2D eigenvalue weighted by atomic mass is 10.1. The summed E-state index contributed by atoms with van der Waals surface area (Å²) in [5.41, 5.74) is 2.83. The van der Waals surface area contributed by atoms with Crippen LogP contribution in [-0.2, 0) is 4.79 Å². The summed E-state index contributed by atoms with van der Waals surface area (Å²) in [5, 5.41) is 17.5. The van der Waals surface area contributed by atoms with E-state index >= 15 is 0 Å². The van der Waals surface area contributed by atoms with Crippen LogP contribution in [0.15, 0.2) is 84.4 Å². The quantitative estimate of drug-likeness (QED) is 0.349. The van der Waals surface area contributed by atoms with E-state index in [0.29, 0.717) is 17.1 Å². The van der Waals surface area contributed by atoms with Crippen molar-refractivity contribution in [1.29, 1.82) is 10.5 Å². The van der Waals surface area contributed by atoms with Gasteiger partial charge >= 0.3 is 5.97 Å². The molecule has 5 nitrogen and oxygen atoms in total. The molecule has 140 valence electrons. The van der Waals surface area contributed by atoms with Crippen LogP contribution in [0.1, 0.15) is 5.56 Å². The number of rotatable bonds is 6. The van der Waals surface area contributed by atoms with Crippen molar-refractivity contribution in [2.45, 2.75) is 0 Å². The Morgan fingerprint density at radius 2 is 1.38 bits per heavy atom. The predicted octanol–water partition coefficient (Wildman–Crippen LogP) is 4.77. The Labute approximate surface area is 168 Å². The van der Waals surface area contributed by atoms with Gasteiger partial charge in [0.15, 0.2) is 6.61 Å². The molecule has 0 heterocycles. The molecule has 0 radical (unpaired) electrons. The highest BCUT2D eigenvalue weighted by Crippen LogP contribution is 2.22. The minimum absolute atomic E-state index is 0.00132. The number of allylic oxidation sites excluding steroid dienone is 1. The maximum Gasteiger partial charge on any atom is 0.349 e. The van der Waals surface area contributed by atoms with E-state index in [1.54, 1.807) is 48.5 Å². The van der Waals surface area contributed by atoms with Gasteiger partial charge in [-0.3, -0.25) is 0 Å². The maximum absolute atomic E-state index is 12.0. The maximum atomic E-state index is 12.0.